The number of amides is 2. The number of carbonyl (C=O) groups is 2. The molecular weight excluding hydrogens is 274 g/mol. The van der Waals surface area contributed by atoms with E-state index in [0.717, 1.165) is 10.4 Å². The lowest BCUT2D eigenvalue weighted by Gasteiger charge is -2.12. The van der Waals surface area contributed by atoms with Gasteiger partial charge in [-0.25, -0.2) is 0 Å². The van der Waals surface area contributed by atoms with Crippen LogP contribution in [0.5, 0.6) is 0 Å². The molecule has 1 unspecified atom stereocenters. The molecule has 1 aromatic rings. The third-order valence-electron chi connectivity index (χ3n) is 2.54. The van der Waals surface area contributed by atoms with Crippen molar-refractivity contribution >= 4 is 23.2 Å². The quantitative estimate of drug-likeness (QED) is 0.712. The van der Waals surface area contributed by atoms with Crippen molar-refractivity contribution in [2.75, 3.05) is 13.1 Å². The van der Waals surface area contributed by atoms with Gasteiger partial charge in [0.1, 0.15) is 6.04 Å². The maximum Gasteiger partial charge on any atom is 0.262 e. The second-order valence-electron chi connectivity index (χ2n) is 4.22. The van der Waals surface area contributed by atoms with E-state index in [0.29, 0.717) is 11.4 Å². The van der Waals surface area contributed by atoms with Gasteiger partial charge in [0, 0.05) is 6.54 Å². The molecule has 0 spiro atoms. The summed E-state index contributed by atoms with van der Waals surface area (Å²) in [6, 6.07) is 1.20. The Hall–Kier alpha value is -1.84. The third kappa shape index (κ3) is 4.37. The van der Waals surface area contributed by atoms with Crippen molar-refractivity contribution in [2.45, 2.75) is 26.8 Å². The van der Waals surface area contributed by atoms with Gasteiger partial charge in [-0.1, -0.05) is 11.8 Å². The van der Waals surface area contributed by atoms with E-state index in [1.807, 2.05) is 13.8 Å². The van der Waals surface area contributed by atoms with Crippen LogP contribution in [0.25, 0.3) is 0 Å². The molecule has 20 heavy (non-hydrogen) atoms. The highest BCUT2D eigenvalue weighted by Crippen LogP contribution is 2.20. The number of thiophene rings is 1. The van der Waals surface area contributed by atoms with E-state index in [1.165, 1.54) is 11.3 Å². The number of aryl methyl sites for hydroxylation is 1. The second kappa shape index (κ2) is 7.68. The SMILES string of the molecule is CCNC(=O)C(C)NC(=O)c1cc(C)c(C#CCN)s1. The van der Waals surface area contributed by atoms with Crippen LogP contribution < -0.4 is 16.4 Å². The van der Waals surface area contributed by atoms with Crippen molar-refractivity contribution in [3.8, 4) is 11.8 Å². The molecule has 0 bridgehead atoms. The number of hydrogen-bond acceptors (Lipinski definition) is 4. The van der Waals surface area contributed by atoms with Crippen molar-refractivity contribution in [2.24, 2.45) is 5.73 Å². The van der Waals surface area contributed by atoms with Crippen molar-refractivity contribution in [1.29, 1.82) is 0 Å². The average Bonchev–Trinajstić information content (AvgIpc) is 2.78. The molecule has 0 aliphatic rings. The lowest BCUT2D eigenvalue weighted by atomic mass is 10.2. The predicted molar refractivity (Wildman–Crippen MR) is 80.6 cm³/mol. The van der Waals surface area contributed by atoms with Crippen LogP contribution in [0.4, 0.5) is 0 Å². The zero-order valence-corrected chi connectivity index (χ0v) is 12.7. The molecule has 0 saturated heterocycles. The molecule has 2 amide bonds. The molecule has 1 rings (SSSR count). The van der Waals surface area contributed by atoms with Gasteiger partial charge in [-0.3, -0.25) is 9.59 Å². The fourth-order valence-electron chi connectivity index (χ4n) is 1.51. The zero-order valence-electron chi connectivity index (χ0n) is 11.9. The maximum atomic E-state index is 12.0. The normalized spacial score (nSPS) is 11.2. The van der Waals surface area contributed by atoms with E-state index < -0.39 is 6.04 Å². The van der Waals surface area contributed by atoms with E-state index in [2.05, 4.69) is 22.5 Å². The highest BCUT2D eigenvalue weighted by molar-refractivity contribution is 7.14. The van der Waals surface area contributed by atoms with Crippen LogP contribution in [0.2, 0.25) is 0 Å². The Bertz CT molecular complexity index is 555. The van der Waals surface area contributed by atoms with E-state index >= 15 is 0 Å². The standard InChI is InChI=1S/C14H19N3O2S/c1-4-16-13(18)10(3)17-14(19)12-8-9(2)11(20-12)6-5-7-15/h8,10H,4,7,15H2,1-3H3,(H,16,18)(H,17,19). The molecule has 1 aromatic heterocycles. The van der Waals surface area contributed by atoms with Gasteiger partial charge in [0.25, 0.3) is 5.91 Å². The number of nitrogens with one attached hydrogen (secondary N) is 2. The van der Waals surface area contributed by atoms with E-state index in [4.69, 9.17) is 5.73 Å². The molecule has 1 atom stereocenters. The van der Waals surface area contributed by atoms with Gasteiger partial charge < -0.3 is 16.4 Å². The molecule has 0 aromatic carbocycles. The van der Waals surface area contributed by atoms with E-state index in [1.54, 1.807) is 13.0 Å². The molecule has 108 valence electrons. The highest BCUT2D eigenvalue weighted by Gasteiger charge is 2.17. The van der Waals surface area contributed by atoms with Gasteiger partial charge in [-0.05, 0) is 32.4 Å². The Morgan fingerprint density at radius 2 is 2.20 bits per heavy atom. The first-order valence-corrected chi connectivity index (χ1v) is 7.19. The molecular formula is C14H19N3O2S. The van der Waals surface area contributed by atoms with Crippen LogP contribution in [0.3, 0.4) is 0 Å². The summed E-state index contributed by atoms with van der Waals surface area (Å²) in [6.45, 7) is 6.19. The van der Waals surface area contributed by atoms with Crippen LogP contribution in [0.15, 0.2) is 6.07 Å². The average molecular weight is 293 g/mol. The Kier molecular flexibility index (Phi) is 6.22. The lowest BCUT2D eigenvalue weighted by molar-refractivity contribution is -0.122. The minimum atomic E-state index is -0.566. The number of hydrogen-bond donors (Lipinski definition) is 3. The summed E-state index contributed by atoms with van der Waals surface area (Å²) >= 11 is 1.30. The number of rotatable bonds is 4. The Labute approximate surface area is 122 Å². The third-order valence-corrected chi connectivity index (χ3v) is 3.69. The summed E-state index contributed by atoms with van der Waals surface area (Å²) in [5, 5.41) is 5.32. The van der Waals surface area contributed by atoms with Crippen LogP contribution in [-0.4, -0.2) is 30.9 Å². The maximum absolute atomic E-state index is 12.0. The molecule has 0 aliphatic heterocycles. The summed E-state index contributed by atoms with van der Waals surface area (Å²) in [6.07, 6.45) is 0. The smallest absolute Gasteiger partial charge is 0.262 e. The summed E-state index contributed by atoms with van der Waals surface area (Å²) < 4.78 is 0. The van der Waals surface area contributed by atoms with Crippen LogP contribution in [-0.2, 0) is 4.79 Å². The minimum Gasteiger partial charge on any atom is -0.355 e. The molecule has 5 nitrogen and oxygen atoms in total. The van der Waals surface area contributed by atoms with Crippen molar-refractivity contribution in [3.05, 3.63) is 21.4 Å². The minimum absolute atomic E-state index is 0.197. The van der Waals surface area contributed by atoms with Gasteiger partial charge in [-0.2, -0.15) is 0 Å². The molecule has 0 radical (unpaired) electrons. The summed E-state index contributed by atoms with van der Waals surface area (Å²) in [5.41, 5.74) is 6.26. The van der Waals surface area contributed by atoms with Gasteiger partial charge in [0.15, 0.2) is 0 Å². The fourth-order valence-corrected chi connectivity index (χ4v) is 2.46. The Morgan fingerprint density at radius 1 is 1.50 bits per heavy atom. The van der Waals surface area contributed by atoms with Crippen molar-refractivity contribution in [3.63, 3.8) is 0 Å². The van der Waals surface area contributed by atoms with Gasteiger partial charge in [-0.15, -0.1) is 11.3 Å². The number of likely N-dealkylation sites (N-methyl/N-ethyl adjacent to an activating group) is 1. The van der Waals surface area contributed by atoms with Crippen LogP contribution in [0, 0.1) is 18.8 Å². The largest absolute Gasteiger partial charge is 0.355 e. The predicted octanol–water partition coefficient (Wildman–Crippen LogP) is 0.621. The van der Waals surface area contributed by atoms with Crippen molar-refractivity contribution < 1.29 is 9.59 Å². The molecule has 1 heterocycles. The molecule has 0 saturated carbocycles. The summed E-state index contributed by atoms with van der Waals surface area (Å²) in [7, 11) is 0. The summed E-state index contributed by atoms with van der Waals surface area (Å²) in [4.78, 5) is 25.0. The van der Waals surface area contributed by atoms with Gasteiger partial charge in [0.2, 0.25) is 5.91 Å². The monoisotopic (exact) mass is 293 g/mol. The van der Waals surface area contributed by atoms with Gasteiger partial charge in [0.05, 0.1) is 16.3 Å². The zero-order chi connectivity index (χ0) is 15.1. The number of nitrogens with two attached hydrogens (primary N) is 1. The molecule has 4 N–H and O–H groups in total. The second-order valence-corrected chi connectivity index (χ2v) is 5.27. The van der Waals surface area contributed by atoms with E-state index in [9.17, 15) is 9.59 Å². The first-order valence-electron chi connectivity index (χ1n) is 6.37. The first-order chi connectivity index (χ1) is 9.49. The Balaban J connectivity index is 2.75. The van der Waals surface area contributed by atoms with E-state index in [-0.39, 0.29) is 18.4 Å². The Morgan fingerprint density at radius 3 is 2.80 bits per heavy atom. The van der Waals surface area contributed by atoms with Crippen LogP contribution in [0.1, 0.15) is 34.0 Å². The molecule has 0 aliphatic carbocycles. The topological polar surface area (TPSA) is 84.2 Å². The highest BCUT2D eigenvalue weighted by atomic mass is 32.1. The number of carbonyl (C=O) groups excluding carboxylic acids is 2. The fraction of sp³-hybridized carbons (Fsp3) is 0.429. The van der Waals surface area contributed by atoms with Gasteiger partial charge >= 0.3 is 0 Å². The summed E-state index contributed by atoms with van der Waals surface area (Å²) in [5.74, 6) is 5.23. The van der Waals surface area contributed by atoms with Crippen LogP contribution >= 0.6 is 11.3 Å². The van der Waals surface area contributed by atoms with Crippen molar-refractivity contribution in [1.82, 2.24) is 10.6 Å². The molecule has 0 fully saturated rings. The molecule has 6 heteroatoms. The first kappa shape index (κ1) is 16.2. The lowest BCUT2D eigenvalue weighted by Crippen LogP contribution is -2.44.